The first-order valence-corrected chi connectivity index (χ1v) is 7.61. The summed E-state index contributed by atoms with van der Waals surface area (Å²) >= 11 is 6.39. The number of ether oxygens (including phenoxy) is 3. The Balaban J connectivity index is 2.70. The van der Waals surface area contributed by atoms with E-state index in [-0.39, 0.29) is 29.4 Å². The van der Waals surface area contributed by atoms with Crippen LogP contribution in [0.1, 0.15) is 25.3 Å². The average Bonchev–Trinajstić information content (AvgIpc) is 2.54. The second-order valence-electron chi connectivity index (χ2n) is 4.98. The predicted octanol–water partition coefficient (Wildman–Crippen LogP) is 2.99. The van der Waals surface area contributed by atoms with Gasteiger partial charge >= 0.3 is 5.97 Å². The summed E-state index contributed by atoms with van der Waals surface area (Å²) in [6, 6.07) is 7.12. The van der Waals surface area contributed by atoms with Gasteiger partial charge in [-0.15, -0.1) is 0 Å². The molecule has 1 aliphatic heterocycles. The maximum atomic E-state index is 12.4. The Hall–Kier alpha value is -2.65. The molecule has 0 bridgehead atoms. The number of rotatable bonds is 4. The summed E-state index contributed by atoms with van der Waals surface area (Å²) in [5, 5.41) is 9.80. The van der Waals surface area contributed by atoms with Crippen LogP contribution in [-0.4, -0.2) is 19.7 Å². The van der Waals surface area contributed by atoms with Gasteiger partial charge in [-0.1, -0.05) is 23.7 Å². The molecule has 0 saturated carbocycles. The molecule has 0 aliphatic carbocycles. The number of hydrogen-bond donors (Lipinski definition) is 1. The fourth-order valence-electron chi connectivity index (χ4n) is 2.57. The van der Waals surface area contributed by atoms with E-state index in [4.69, 9.17) is 31.5 Å². The molecule has 0 spiro atoms. The minimum Gasteiger partial charge on any atom is -0.495 e. The molecule has 24 heavy (non-hydrogen) atoms. The Morgan fingerprint density at radius 2 is 2.21 bits per heavy atom. The zero-order valence-corrected chi connectivity index (χ0v) is 14.3. The third-order valence-corrected chi connectivity index (χ3v) is 4.03. The van der Waals surface area contributed by atoms with E-state index >= 15 is 0 Å². The molecule has 2 rings (SSSR count). The van der Waals surface area contributed by atoms with Crippen LogP contribution < -0.4 is 10.5 Å². The summed E-state index contributed by atoms with van der Waals surface area (Å²) in [5.41, 5.74) is 6.64. The molecule has 1 aromatic carbocycles. The number of nitriles is 1. The summed E-state index contributed by atoms with van der Waals surface area (Å²) in [5.74, 6) is -0.734. The van der Waals surface area contributed by atoms with Gasteiger partial charge in [0, 0.05) is 0 Å². The predicted molar refractivity (Wildman–Crippen MR) is 88.0 cm³/mol. The van der Waals surface area contributed by atoms with Crippen LogP contribution in [0.2, 0.25) is 5.02 Å². The highest BCUT2D eigenvalue weighted by Gasteiger charge is 2.37. The van der Waals surface area contributed by atoms with Crippen molar-refractivity contribution in [3.63, 3.8) is 0 Å². The van der Waals surface area contributed by atoms with Gasteiger partial charge in [-0.25, -0.2) is 4.79 Å². The van der Waals surface area contributed by atoms with Gasteiger partial charge in [0.1, 0.15) is 23.2 Å². The molecule has 2 N–H and O–H groups in total. The molecule has 1 unspecified atom stereocenters. The van der Waals surface area contributed by atoms with Gasteiger partial charge in [0.25, 0.3) is 0 Å². The zero-order chi connectivity index (χ0) is 17.9. The van der Waals surface area contributed by atoms with E-state index in [0.29, 0.717) is 16.3 Å². The summed E-state index contributed by atoms with van der Waals surface area (Å²) in [4.78, 5) is 12.4. The quantitative estimate of drug-likeness (QED) is 0.840. The molecule has 1 aromatic rings. The van der Waals surface area contributed by atoms with Crippen LogP contribution >= 0.6 is 11.6 Å². The first kappa shape index (κ1) is 17.7. The Labute approximate surface area is 145 Å². The summed E-state index contributed by atoms with van der Waals surface area (Å²) in [7, 11) is 1.48. The lowest BCUT2D eigenvalue weighted by Gasteiger charge is -2.27. The smallest absolute Gasteiger partial charge is 0.338 e. The summed E-state index contributed by atoms with van der Waals surface area (Å²) < 4.78 is 15.7. The SMILES string of the molecule is CCOC(=O)C1=C(C)OC(N)=C(C#N)C1c1cccc(OC)c1Cl. The Morgan fingerprint density at radius 3 is 2.79 bits per heavy atom. The van der Waals surface area contributed by atoms with E-state index in [1.54, 1.807) is 32.0 Å². The van der Waals surface area contributed by atoms with E-state index in [0.717, 1.165) is 0 Å². The maximum Gasteiger partial charge on any atom is 0.338 e. The standard InChI is InChI=1S/C17H17ClN2O4/c1-4-23-17(21)13-9(2)24-16(20)11(8-19)14(13)10-6-5-7-12(22-3)15(10)18/h5-7,14H,4,20H2,1-3H3. The molecule has 1 heterocycles. The van der Waals surface area contributed by atoms with E-state index in [2.05, 4.69) is 0 Å². The number of allylic oxidation sites excluding steroid dienone is 2. The lowest BCUT2D eigenvalue weighted by molar-refractivity contribution is -0.139. The van der Waals surface area contributed by atoms with Gasteiger partial charge in [0.05, 0.1) is 30.2 Å². The van der Waals surface area contributed by atoms with Gasteiger partial charge in [-0.2, -0.15) is 5.26 Å². The van der Waals surface area contributed by atoms with Crippen LogP contribution in [-0.2, 0) is 14.3 Å². The van der Waals surface area contributed by atoms with Crippen LogP contribution in [0.4, 0.5) is 0 Å². The lowest BCUT2D eigenvalue weighted by atomic mass is 9.83. The zero-order valence-electron chi connectivity index (χ0n) is 13.6. The minimum absolute atomic E-state index is 0.0630. The van der Waals surface area contributed by atoms with Crippen molar-refractivity contribution in [2.24, 2.45) is 5.73 Å². The molecule has 7 heteroatoms. The Morgan fingerprint density at radius 1 is 1.50 bits per heavy atom. The first-order chi connectivity index (χ1) is 11.5. The highest BCUT2D eigenvalue weighted by molar-refractivity contribution is 6.33. The number of halogens is 1. The second-order valence-corrected chi connectivity index (χ2v) is 5.36. The van der Waals surface area contributed by atoms with Crippen molar-refractivity contribution in [1.82, 2.24) is 0 Å². The summed E-state index contributed by atoms with van der Waals surface area (Å²) in [6.45, 7) is 3.48. The fraction of sp³-hybridized carbons (Fsp3) is 0.294. The molecular weight excluding hydrogens is 332 g/mol. The van der Waals surface area contributed by atoms with Gasteiger partial charge in [-0.3, -0.25) is 0 Å². The second kappa shape index (κ2) is 7.28. The van der Waals surface area contributed by atoms with Crippen LogP contribution in [0.5, 0.6) is 5.75 Å². The average molecular weight is 349 g/mol. The minimum atomic E-state index is -0.787. The van der Waals surface area contributed by atoms with Crippen LogP contribution in [0.15, 0.2) is 41.0 Å². The molecule has 0 aromatic heterocycles. The van der Waals surface area contributed by atoms with Gasteiger partial charge in [-0.05, 0) is 25.5 Å². The van der Waals surface area contributed by atoms with Crippen LogP contribution in [0.3, 0.4) is 0 Å². The molecule has 0 fully saturated rings. The van der Waals surface area contributed by atoms with Gasteiger partial charge < -0.3 is 19.9 Å². The normalized spacial score (nSPS) is 17.2. The molecule has 0 radical (unpaired) electrons. The largest absolute Gasteiger partial charge is 0.495 e. The van der Waals surface area contributed by atoms with Crippen molar-refractivity contribution in [1.29, 1.82) is 5.26 Å². The highest BCUT2D eigenvalue weighted by atomic mass is 35.5. The monoisotopic (exact) mass is 348 g/mol. The van der Waals surface area contributed by atoms with Crippen molar-refractivity contribution < 1.29 is 19.0 Å². The molecule has 1 atom stereocenters. The van der Waals surface area contributed by atoms with E-state index in [9.17, 15) is 10.1 Å². The maximum absolute atomic E-state index is 12.4. The number of hydrogen-bond acceptors (Lipinski definition) is 6. The van der Waals surface area contributed by atoms with Crippen molar-refractivity contribution in [3.8, 4) is 11.8 Å². The van der Waals surface area contributed by atoms with E-state index in [1.165, 1.54) is 7.11 Å². The molecule has 0 saturated heterocycles. The number of methoxy groups -OCH3 is 1. The Kier molecular flexibility index (Phi) is 5.37. The number of carbonyl (C=O) groups is 1. The third kappa shape index (κ3) is 3.03. The molecule has 6 nitrogen and oxygen atoms in total. The first-order valence-electron chi connectivity index (χ1n) is 7.24. The lowest BCUT2D eigenvalue weighted by Crippen LogP contribution is -2.25. The topological polar surface area (TPSA) is 94.6 Å². The van der Waals surface area contributed by atoms with E-state index in [1.807, 2.05) is 6.07 Å². The van der Waals surface area contributed by atoms with Gasteiger partial charge in [0.2, 0.25) is 5.88 Å². The fourth-order valence-corrected chi connectivity index (χ4v) is 2.89. The third-order valence-electron chi connectivity index (χ3n) is 3.63. The number of carbonyl (C=O) groups excluding carboxylic acids is 1. The molecule has 0 amide bonds. The Bertz CT molecular complexity index is 777. The van der Waals surface area contributed by atoms with Gasteiger partial charge in [0.15, 0.2) is 0 Å². The molecule has 126 valence electrons. The number of nitrogens with two attached hydrogens (primary N) is 1. The van der Waals surface area contributed by atoms with Crippen LogP contribution in [0.25, 0.3) is 0 Å². The molecule has 1 aliphatic rings. The van der Waals surface area contributed by atoms with Crippen molar-refractivity contribution in [3.05, 3.63) is 51.6 Å². The number of esters is 1. The highest BCUT2D eigenvalue weighted by Crippen LogP contribution is 2.44. The van der Waals surface area contributed by atoms with Crippen molar-refractivity contribution in [2.75, 3.05) is 13.7 Å². The van der Waals surface area contributed by atoms with Crippen molar-refractivity contribution in [2.45, 2.75) is 19.8 Å². The van der Waals surface area contributed by atoms with Crippen molar-refractivity contribution >= 4 is 17.6 Å². The number of nitrogens with zero attached hydrogens (tertiary/aromatic N) is 1. The van der Waals surface area contributed by atoms with E-state index < -0.39 is 11.9 Å². The molecular formula is C17H17ClN2O4. The van der Waals surface area contributed by atoms with Crippen LogP contribution in [0, 0.1) is 11.3 Å². The number of benzene rings is 1. The summed E-state index contributed by atoms with van der Waals surface area (Å²) in [6.07, 6.45) is 0.